The van der Waals surface area contributed by atoms with Gasteiger partial charge in [-0.25, -0.2) is 9.37 Å². The van der Waals surface area contributed by atoms with Gasteiger partial charge in [0.2, 0.25) is 5.91 Å². The fourth-order valence-electron chi connectivity index (χ4n) is 3.39. The average molecular weight is 388 g/mol. The Labute approximate surface area is 161 Å². The molecule has 0 saturated carbocycles. The van der Waals surface area contributed by atoms with Crippen molar-refractivity contribution in [1.29, 1.82) is 0 Å². The Hall–Kier alpha value is -2.64. The van der Waals surface area contributed by atoms with Crippen molar-refractivity contribution in [1.82, 2.24) is 14.3 Å². The second-order valence-corrected chi connectivity index (χ2v) is 7.08. The van der Waals surface area contributed by atoms with Crippen LogP contribution in [0, 0.1) is 5.82 Å². The normalized spacial score (nSPS) is 15.4. The molecule has 3 heterocycles. The number of rotatable bonds is 4. The number of fused-ring (bicyclic) bond motifs is 1. The molecule has 8 heteroatoms. The van der Waals surface area contributed by atoms with E-state index < -0.39 is 11.7 Å². The number of pyridine rings is 1. The molecule has 3 aromatic rings. The Morgan fingerprint density at radius 3 is 2.63 bits per heavy atom. The smallest absolute Gasteiger partial charge is 0.248 e. The molecule has 140 valence electrons. The molecule has 0 unspecified atom stereocenters. The van der Waals surface area contributed by atoms with Crippen LogP contribution in [0.15, 0.2) is 42.7 Å². The molecule has 1 aliphatic rings. The van der Waals surface area contributed by atoms with E-state index in [9.17, 15) is 9.18 Å². The second-order valence-electron chi connectivity index (χ2n) is 6.64. The van der Waals surface area contributed by atoms with Crippen molar-refractivity contribution in [2.45, 2.75) is 6.54 Å². The lowest BCUT2D eigenvalue weighted by Gasteiger charge is -2.35. The van der Waals surface area contributed by atoms with Crippen molar-refractivity contribution in [2.75, 3.05) is 31.1 Å². The van der Waals surface area contributed by atoms with Crippen LogP contribution in [-0.4, -0.2) is 46.4 Å². The maximum atomic E-state index is 14.3. The first kappa shape index (κ1) is 17.8. The summed E-state index contributed by atoms with van der Waals surface area (Å²) >= 11 is 6.01. The lowest BCUT2D eigenvalue weighted by Crippen LogP contribution is -2.46. The maximum Gasteiger partial charge on any atom is 0.248 e. The van der Waals surface area contributed by atoms with E-state index in [0.717, 1.165) is 31.0 Å². The Morgan fingerprint density at radius 1 is 1.15 bits per heavy atom. The summed E-state index contributed by atoms with van der Waals surface area (Å²) in [4.78, 5) is 20.0. The predicted molar refractivity (Wildman–Crippen MR) is 103 cm³/mol. The molecular formula is C19H19ClFN5O. The highest BCUT2D eigenvalue weighted by atomic mass is 35.5. The minimum Gasteiger partial charge on any atom is -0.367 e. The Balaban J connectivity index is 1.40. The highest BCUT2D eigenvalue weighted by Gasteiger charge is 2.21. The third-order valence-electron chi connectivity index (χ3n) is 4.80. The number of piperazine rings is 1. The van der Waals surface area contributed by atoms with E-state index >= 15 is 0 Å². The van der Waals surface area contributed by atoms with Crippen LogP contribution in [0.4, 0.5) is 10.1 Å². The van der Waals surface area contributed by atoms with E-state index in [1.165, 1.54) is 6.07 Å². The highest BCUT2D eigenvalue weighted by molar-refractivity contribution is 6.30. The molecule has 1 saturated heterocycles. The van der Waals surface area contributed by atoms with Crippen molar-refractivity contribution in [3.63, 3.8) is 0 Å². The quantitative estimate of drug-likeness (QED) is 0.747. The fraction of sp³-hybridized carbons (Fsp3) is 0.263. The van der Waals surface area contributed by atoms with Gasteiger partial charge in [0.1, 0.15) is 11.5 Å². The van der Waals surface area contributed by atoms with Crippen LogP contribution in [0.1, 0.15) is 16.1 Å². The molecule has 2 aromatic heterocycles. The van der Waals surface area contributed by atoms with E-state index in [1.807, 2.05) is 33.8 Å². The Kier molecular flexibility index (Phi) is 4.72. The van der Waals surface area contributed by atoms with E-state index in [-0.39, 0.29) is 5.56 Å². The fourth-order valence-corrected chi connectivity index (χ4v) is 3.55. The van der Waals surface area contributed by atoms with Gasteiger partial charge in [-0.2, -0.15) is 0 Å². The molecule has 0 radical (unpaired) electrons. The highest BCUT2D eigenvalue weighted by Crippen LogP contribution is 2.22. The van der Waals surface area contributed by atoms with Crippen LogP contribution >= 0.6 is 11.6 Å². The van der Waals surface area contributed by atoms with Crippen molar-refractivity contribution in [3.05, 3.63) is 64.8 Å². The van der Waals surface area contributed by atoms with E-state index in [4.69, 9.17) is 17.3 Å². The van der Waals surface area contributed by atoms with Crippen molar-refractivity contribution in [2.24, 2.45) is 5.73 Å². The number of hydrogen-bond donors (Lipinski definition) is 1. The zero-order chi connectivity index (χ0) is 19.0. The summed E-state index contributed by atoms with van der Waals surface area (Å²) in [5.41, 5.74) is 7.72. The molecule has 6 nitrogen and oxygen atoms in total. The minimum absolute atomic E-state index is 0.182. The first-order chi connectivity index (χ1) is 13.0. The second kappa shape index (κ2) is 7.17. The first-order valence-electron chi connectivity index (χ1n) is 8.69. The monoisotopic (exact) mass is 387 g/mol. The summed E-state index contributed by atoms with van der Waals surface area (Å²) < 4.78 is 16.2. The first-order valence-corrected chi connectivity index (χ1v) is 9.07. The molecule has 0 atom stereocenters. The van der Waals surface area contributed by atoms with Gasteiger partial charge in [0.15, 0.2) is 0 Å². The van der Waals surface area contributed by atoms with Crippen molar-refractivity contribution in [3.8, 4) is 0 Å². The third kappa shape index (κ3) is 3.74. The van der Waals surface area contributed by atoms with Crippen molar-refractivity contribution >= 4 is 28.8 Å². The van der Waals surface area contributed by atoms with Gasteiger partial charge in [-0.05, 0) is 30.3 Å². The van der Waals surface area contributed by atoms with Crippen LogP contribution in [0.3, 0.4) is 0 Å². The molecule has 1 amide bonds. The van der Waals surface area contributed by atoms with E-state index in [2.05, 4.69) is 9.88 Å². The van der Waals surface area contributed by atoms with Gasteiger partial charge < -0.3 is 15.0 Å². The lowest BCUT2D eigenvalue weighted by atomic mass is 10.1. The number of halogens is 2. The molecule has 0 aliphatic carbocycles. The molecule has 27 heavy (non-hydrogen) atoms. The number of anilines is 1. The summed E-state index contributed by atoms with van der Waals surface area (Å²) in [5, 5.41) is 0.671. The Morgan fingerprint density at radius 2 is 1.93 bits per heavy atom. The largest absolute Gasteiger partial charge is 0.367 e. The van der Waals surface area contributed by atoms with Gasteiger partial charge in [-0.15, -0.1) is 0 Å². The van der Waals surface area contributed by atoms with Gasteiger partial charge >= 0.3 is 0 Å². The zero-order valence-corrected chi connectivity index (χ0v) is 15.4. The molecule has 1 fully saturated rings. The van der Waals surface area contributed by atoms with Crippen LogP contribution < -0.4 is 10.6 Å². The SMILES string of the molecule is NC(=O)c1ccc(N2CCN(Cc3cn4cc(Cl)ccc4n3)CC2)c(F)c1. The number of imidazole rings is 1. The number of carbonyl (C=O) groups is 1. The molecule has 1 aromatic carbocycles. The summed E-state index contributed by atoms with van der Waals surface area (Å²) in [6.45, 7) is 3.73. The molecule has 2 N–H and O–H groups in total. The number of hydrogen-bond acceptors (Lipinski definition) is 4. The molecular weight excluding hydrogens is 369 g/mol. The standard InChI is InChI=1S/C19H19ClFN5O/c20-14-2-4-18-23-15(12-26(18)10-14)11-24-5-7-25(8-6-24)17-3-1-13(19(22)27)9-16(17)21/h1-4,9-10,12H,5-8,11H2,(H2,22,27). The molecule has 0 spiro atoms. The van der Waals surface area contributed by atoms with Gasteiger partial charge in [-0.1, -0.05) is 11.6 Å². The lowest BCUT2D eigenvalue weighted by molar-refractivity contribution is 0.1000. The summed E-state index contributed by atoms with van der Waals surface area (Å²) in [7, 11) is 0. The van der Waals surface area contributed by atoms with E-state index in [1.54, 1.807) is 12.1 Å². The number of nitrogens with two attached hydrogens (primary N) is 1. The molecule has 1 aliphatic heterocycles. The number of nitrogens with zero attached hydrogens (tertiary/aromatic N) is 4. The van der Waals surface area contributed by atoms with Crippen LogP contribution in [-0.2, 0) is 6.54 Å². The average Bonchev–Trinajstić information content (AvgIpc) is 3.03. The molecule has 0 bridgehead atoms. The van der Waals surface area contributed by atoms with Crippen molar-refractivity contribution < 1.29 is 9.18 Å². The van der Waals surface area contributed by atoms with Gasteiger partial charge in [0.25, 0.3) is 0 Å². The van der Waals surface area contributed by atoms with Crippen LogP contribution in [0.5, 0.6) is 0 Å². The van der Waals surface area contributed by atoms with Gasteiger partial charge in [-0.3, -0.25) is 9.69 Å². The predicted octanol–water partition coefficient (Wildman–Crippen LogP) is 2.55. The van der Waals surface area contributed by atoms with Gasteiger partial charge in [0, 0.05) is 50.7 Å². The summed E-state index contributed by atoms with van der Waals surface area (Å²) in [6, 6.07) is 8.10. The summed E-state index contributed by atoms with van der Waals surface area (Å²) in [5.74, 6) is -1.05. The zero-order valence-electron chi connectivity index (χ0n) is 14.6. The maximum absolute atomic E-state index is 14.3. The van der Waals surface area contributed by atoms with E-state index in [0.29, 0.717) is 23.8 Å². The minimum atomic E-state index is -0.626. The number of benzene rings is 1. The Bertz CT molecular complexity index is 997. The van der Waals surface area contributed by atoms with Crippen LogP contribution in [0.2, 0.25) is 5.02 Å². The number of amides is 1. The number of carbonyl (C=O) groups excluding carboxylic acids is 1. The van der Waals surface area contributed by atoms with Gasteiger partial charge in [0.05, 0.1) is 16.4 Å². The molecule has 4 rings (SSSR count). The summed E-state index contributed by atoms with van der Waals surface area (Å²) in [6.07, 6.45) is 3.82. The topological polar surface area (TPSA) is 66.9 Å². The number of aromatic nitrogens is 2. The third-order valence-corrected chi connectivity index (χ3v) is 5.02. The van der Waals surface area contributed by atoms with Crippen LogP contribution in [0.25, 0.3) is 5.65 Å². The number of primary amides is 1.